The number of amides is 1. The summed E-state index contributed by atoms with van der Waals surface area (Å²) in [4.78, 5) is 21.5. The lowest BCUT2D eigenvalue weighted by molar-refractivity contribution is 0.102. The Labute approximate surface area is 148 Å². The minimum absolute atomic E-state index is 0.267. The van der Waals surface area contributed by atoms with Gasteiger partial charge in [0.2, 0.25) is 0 Å². The van der Waals surface area contributed by atoms with Crippen LogP contribution in [-0.4, -0.2) is 36.1 Å². The lowest BCUT2D eigenvalue weighted by Gasteiger charge is -2.08. The van der Waals surface area contributed by atoms with Crippen LogP contribution >= 0.6 is 0 Å². The van der Waals surface area contributed by atoms with Crippen molar-refractivity contribution in [3.05, 3.63) is 65.6 Å². The van der Waals surface area contributed by atoms with Crippen LogP contribution in [0.25, 0.3) is 16.7 Å². The molecule has 0 spiro atoms. The number of nitrogens with zero attached hydrogens (tertiary/aromatic N) is 6. The number of aromatic nitrogens is 6. The quantitative estimate of drug-likeness (QED) is 0.612. The van der Waals surface area contributed by atoms with Crippen LogP contribution in [0.15, 0.2) is 48.8 Å². The van der Waals surface area contributed by atoms with Gasteiger partial charge in [-0.15, -0.1) is 5.10 Å². The zero-order valence-electron chi connectivity index (χ0n) is 14.2. The fraction of sp³-hybridized carbons (Fsp3) is 0.111. The lowest BCUT2D eigenvalue weighted by Crippen LogP contribution is -2.13. The van der Waals surface area contributed by atoms with Crippen molar-refractivity contribution < 1.29 is 4.79 Å². The number of hydrogen-bond donors (Lipinski definition) is 1. The second-order valence-corrected chi connectivity index (χ2v) is 5.91. The SMILES string of the molecule is Cc1cc(C)c2ccc(NC(=O)c3cccc(-n4cnnn4)c3)nc2n1. The third-order valence-corrected chi connectivity index (χ3v) is 3.97. The van der Waals surface area contributed by atoms with Gasteiger partial charge in [-0.25, -0.2) is 14.6 Å². The van der Waals surface area contributed by atoms with E-state index in [1.165, 1.54) is 11.0 Å². The molecule has 128 valence electrons. The highest BCUT2D eigenvalue weighted by atomic mass is 16.1. The first-order valence-electron chi connectivity index (χ1n) is 8.00. The van der Waals surface area contributed by atoms with Crippen molar-refractivity contribution in [2.24, 2.45) is 0 Å². The van der Waals surface area contributed by atoms with E-state index in [1.54, 1.807) is 24.3 Å². The van der Waals surface area contributed by atoms with Gasteiger partial charge in [0, 0.05) is 16.6 Å². The molecule has 4 aromatic rings. The van der Waals surface area contributed by atoms with Crippen LogP contribution in [0.3, 0.4) is 0 Å². The molecule has 1 N–H and O–H groups in total. The number of nitrogens with one attached hydrogen (secondary N) is 1. The zero-order valence-corrected chi connectivity index (χ0v) is 14.2. The molecule has 8 nitrogen and oxygen atoms in total. The highest BCUT2D eigenvalue weighted by Crippen LogP contribution is 2.19. The number of carbonyl (C=O) groups is 1. The number of benzene rings is 1. The van der Waals surface area contributed by atoms with Crippen LogP contribution in [0.1, 0.15) is 21.6 Å². The van der Waals surface area contributed by atoms with Crippen LogP contribution < -0.4 is 5.32 Å². The van der Waals surface area contributed by atoms with E-state index >= 15 is 0 Å². The maximum absolute atomic E-state index is 12.6. The lowest BCUT2D eigenvalue weighted by atomic mass is 10.1. The van der Waals surface area contributed by atoms with Gasteiger partial charge >= 0.3 is 0 Å². The van der Waals surface area contributed by atoms with E-state index in [2.05, 4.69) is 30.8 Å². The summed E-state index contributed by atoms with van der Waals surface area (Å²) in [7, 11) is 0. The van der Waals surface area contributed by atoms with Gasteiger partial charge in [-0.3, -0.25) is 4.79 Å². The Bertz CT molecular complexity index is 1110. The molecule has 3 aromatic heterocycles. The Morgan fingerprint density at radius 3 is 2.77 bits per heavy atom. The molecule has 0 radical (unpaired) electrons. The fourth-order valence-corrected chi connectivity index (χ4v) is 2.76. The predicted octanol–water partition coefficient (Wildman–Crippen LogP) is 2.47. The molecular weight excluding hydrogens is 330 g/mol. The minimum atomic E-state index is -0.267. The monoisotopic (exact) mass is 345 g/mol. The van der Waals surface area contributed by atoms with Crippen LogP contribution in [0.5, 0.6) is 0 Å². The highest BCUT2D eigenvalue weighted by Gasteiger charge is 2.10. The fourth-order valence-electron chi connectivity index (χ4n) is 2.76. The second-order valence-electron chi connectivity index (χ2n) is 5.91. The van der Waals surface area contributed by atoms with Crippen molar-refractivity contribution in [2.45, 2.75) is 13.8 Å². The largest absolute Gasteiger partial charge is 0.306 e. The van der Waals surface area contributed by atoms with E-state index in [-0.39, 0.29) is 5.91 Å². The third kappa shape index (κ3) is 3.00. The summed E-state index contributed by atoms with van der Waals surface area (Å²) in [6.45, 7) is 3.94. The molecule has 0 atom stereocenters. The molecule has 0 aliphatic rings. The smallest absolute Gasteiger partial charge is 0.256 e. The van der Waals surface area contributed by atoms with Crippen LogP contribution in [0.4, 0.5) is 5.82 Å². The molecule has 0 aliphatic carbocycles. The first-order chi connectivity index (χ1) is 12.6. The van der Waals surface area contributed by atoms with Gasteiger partial charge in [-0.2, -0.15) is 0 Å². The first-order valence-corrected chi connectivity index (χ1v) is 8.00. The number of carbonyl (C=O) groups excluding carboxylic acids is 1. The van der Waals surface area contributed by atoms with Gasteiger partial charge in [0.05, 0.1) is 5.69 Å². The Morgan fingerprint density at radius 1 is 1.08 bits per heavy atom. The van der Waals surface area contributed by atoms with Gasteiger partial charge in [0.1, 0.15) is 12.1 Å². The maximum atomic E-state index is 12.6. The molecule has 0 aliphatic heterocycles. The van der Waals surface area contributed by atoms with Crippen molar-refractivity contribution in [3.8, 4) is 5.69 Å². The van der Waals surface area contributed by atoms with Crippen molar-refractivity contribution in [1.29, 1.82) is 0 Å². The molecule has 1 aromatic carbocycles. The van der Waals surface area contributed by atoms with E-state index in [0.717, 1.165) is 16.6 Å². The number of aryl methyl sites for hydroxylation is 2. The standard InChI is InChI=1S/C18H15N7O/c1-11-8-12(2)20-17-15(11)6-7-16(21-17)22-18(26)13-4-3-5-14(9-13)25-10-19-23-24-25/h3-10H,1-2H3,(H,20,21,22,26). The average molecular weight is 345 g/mol. The molecule has 3 heterocycles. The molecule has 4 rings (SSSR count). The summed E-state index contributed by atoms with van der Waals surface area (Å²) >= 11 is 0. The van der Waals surface area contributed by atoms with Crippen molar-refractivity contribution in [2.75, 3.05) is 5.32 Å². The normalized spacial score (nSPS) is 10.8. The molecule has 8 heteroatoms. The summed E-state index contributed by atoms with van der Waals surface area (Å²) in [5, 5.41) is 14.8. The van der Waals surface area contributed by atoms with Gasteiger partial charge in [-0.05, 0) is 66.2 Å². The van der Waals surface area contributed by atoms with Crippen LogP contribution in [-0.2, 0) is 0 Å². The number of anilines is 1. The van der Waals surface area contributed by atoms with Crippen molar-refractivity contribution >= 4 is 22.8 Å². The predicted molar refractivity (Wildman–Crippen MR) is 96.1 cm³/mol. The Kier molecular flexibility index (Phi) is 3.85. The summed E-state index contributed by atoms with van der Waals surface area (Å²) < 4.78 is 1.49. The number of hydrogen-bond acceptors (Lipinski definition) is 6. The summed E-state index contributed by atoms with van der Waals surface area (Å²) in [6, 6.07) is 12.7. The Balaban J connectivity index is 1.62. The number of rotatable bonds is 3. The first kappa shape index (κ1) is 15.8. The van der Waals surface area contributed by atoms with Crippen LogP contribution in [0, 0.1) is 13.8 Å². The van der Waals surface area contributed by atoms with E-state index in [4.69, 9.17) is 0 Å². The second kappa shape index (κ2) is 6.32. The zero-order chi connectivity index (χ0) is 18.1. The highest BCUT2D eigenvalue weighted by molar-refractivity contribution is 6.04. The summed E-state index contributed by atoms with van der Waals surface area (Å²) in [6.07, 6.45) is 1.47. The molecular formula is C18H15N7O. The average Bonchev–Trinajstić information content (AvgIpc) is 3.16. The van der Waals surface area contributed by atoms with Crippen molar-refractivity contribution in [3.63, 3.8) is 0 Å². The van der Waals surface area contributed by atoms with Gasteiger partial charge in [0.25, 0.3) is 5.91 Å². The molecule has 0 unspecified atom stereocenters. The Morgan fingerprint density at radius 2 is 1.96 bits per heavy atom. The number of tetrazole rings is 1. The Hall–Kier alpha value is -3.68. The van der Waals surface area contributed by atoms with Gasteiger partial charge < -0.3 is 5.32 Å². The molecule has 26 heavy (non-hydrogen) atoms. The van der Waals surface area contributed by atoms with E-state index in [9.17, 15) is 4.79 Å². The molecule has 0 fully saturated rings. The molecule has 0 saturated carbocycles. The number of pyridine rings is 2. The van der Waals surface area contributed by atoms with E-state index < -0.39 is 0 Å². The van der Waals surface area contributed by atoms with Gasteiger partial charge in [0.15, 0.2) is 5.65 Å². The number of fused-ring (bicyclic) bond motifs is 1. The molecule has 0 bridgehead atoms. The van der Waals surface area contributed by atoms with Crippen molar-refractivity contribution in [1.82, 2.24) is 30.2 Å². The third-order valence-electron chi connectivity index (χ3n) is 3.97. The van der Waals surface area contributed by atoms with E-state index in [1.807, 2.05) is 32.0 Å². The minimum Gasteiger partial charge on any atom is -0.306 e. The summed E-state index contributed by atoms with van der Waals surface area (Å²) in [5.41, 5.74) is 3.78. The molecule has 0 saturated heterocycles. The maximum Gasteiger partial charge on any atom is 0.256 e. The topological polar surface area (TPSA) is 98.5 Å². The van der Waals surface area contributed by atoms with Gasteiger partial charge in [-0.1, -0.05) is 6.07 Å². The van der Waals surface area contributed by atoms with Crippen LogP contribution in [0.2, 0.25) is 0 Å². The van der Waals surface area contributed by atoms with E-state index in [0.29, 0.717) is 22.7 Å². The molecule has 1 amide bonds. The summed E-state index contributed by atoms with van der Waals surface area (Å²) in [5.74, 6) is 0.184.